The van der Waals surface area contributed by atoms with E-state index in [1.807, 2.05) is 21.1 Å². The number of rotatable bonds is 56. The van der Waals surface area contributed by atoms with Gasteiger partial charge in [-0.25, -0.2) is 4.57 Å². The average Bonchev–Trinajstić information content (AvgIpc) is 3.33. The molecule has 0 aliphatic carbocycles. The molecule has 0 spiro atoms. The van der Waals surface area contributed by atoms with Crippen molar-refractivity contribution >= 4 is 13.7 Å². The first-order chi connectivity index (χ1) is 34.5. The number of nitrogens with zero attached hydrogens (tertiary/aromatic N) is 1. The van der Waals surface area contributed by atoms with Gasteiger partial charge in [0.15, 0.2) is 0 Å². The summed E-state index contributed by atoms with van der Waals surface area (Å²) in [5, 5.41) is 14.1. The van der Waals surface area contributed by atoms with Crippen LogP contribution in [0.15, 0.2) is 48.6 Å². The second kappa shape index (κ2) is 53.3. The topological polar surface area (TPSA) is 105 Å². The SMILES string of the molecule is CC/C=C\C/C=C\C/C=C\C/C=C\CCCCCCCCCCCCCCC(=O)NC(COP(=O)(O)OCC[N+](C)(C)C)C(O)CCCCCCCCCCCCCCCCCCCCCCCCCC. The number of hydrogen-bond donors (Lipinski definition) is 3. The van der Waals surface area contributed by atoms with Gasteiger partial charge in [0.25, 0.3) is 0 Å². The van der Waals surface area contributed by atoms with E-state index in [1.54, 1.807) is 0 Å². The van der Waals surface area contributed by atoms with Crippen molar-refractivity contribution in [3.05, 3.63) is 48.6 Å². The van der Waals surface area contributed by atoms with Crippen molar-refractivity contribution in [1.82, 2.24) is 5.32 Å². The van der Waals surface area contributed by atoms with E-state index in [-0.39, 0.29) is 19.1 Å². The normalized spacial score (nSPS) is 14.2. The molecular weight excluding hydrogens is 900 g/mol. The Kier molecular flexibility index (Phi) is 52.1. The Morgan fingerprint density at radius 1 is 0.493 bits per heavy atom. The number of unbranched alkanes of at least 4 members (excludes halogenated alkanes) is 35. The van der Waals surface area contributed by atoms with E-state index in [0.29, 0.717) is 23.9 Å². The molecule has 0 aromatic carbocycles. The van der Waals surface area contributed by atoms with Crippen LogP contribution in [0.4, 0.5) is 0 Å². The minimum absolute atomic E-state index is 0.0740. The Bertz CT molecular complexity index is 1290. The minimum Gasteiger partial charge on any atom is -0.391 e. The fraction of sp³-hybridized carbons (Fsp3) is 0.855. The van der Waals surface area contributed by atoms with Crippen LogP contribution in [0.1, 0.15) is 290 Å². The molecule has 0 aliphatic rings. The molecule has 0 saturated carbocycles. The van der Waals surface area contributed by atoms with Crippen molar-refractivity contribution in [1.29, 1.82) is 0 Å². The van der Waals surface area contributed by atoms with Crippen molar-refractivity contribution in [3.63, 3.8) is 0 Å². The molecule has 0 bridgehead atoms. The predicted molar refractivity (Wildman–Crippen MR) is 309 cm³/mol. The highest BCUT2D eigenvalue weighted by Gasteiger charge is 2.28. The highest BCUT2D eigenvalue weighted by Crippen LogP contribution is 2.43. The van der Waals surface area contributed by atoms with E-state index in [1.165, 1.54) is 199 Å². The summed E-state index contributed by atoms with van der Waals surface area (Å²) < 4.78 is 23.8. The number of amides is 1. The Morgan fingerprint density at radius 2 is 0.845 bits per heavy atom. The first kappa shape index (κ1) is 69.5. The van der Waals surface area contributed by atoms with Crippen molar-refractivity contribution in [2.45, 2.75) is 302 Å². The molecule has 0 aliphatic heterocycles. The number of allylic oxidation sites excluding steroid dienone is 8. The minimum atomic E-state index is -4.33. The maximum atomic E-state index is 13.0. The number of quaternary nitrogens is 1. The Labute approximate surface area is 441 Å². The second-order valence-corrected chi connectivity index (χ2v) is 23.5. The number of phosphoric ester groups is 1. The largest absolute Gasteiger partial charge is 0.472 e. The summed E-state index contributed by atoms with van der Waals surface area (Å²) in [6.45, 7) is 4.81. The highest BCUT2D eigenvalue weighted by atomic mass is 31.2. The van der Waals surface area contributed by atoms with Crippen LogP contribution in [0.25, 0.3) is 0 Å². The Hall–Kier alpha value is -1.54. The first-order valence-electron chi connectivity index (χ1n) is 30.5. The maximum Gasteiger partial charge on any atom is 0.472 e. The molecular formula is C62H120N2O6P+. The van der Waals surface area contributed by atoms with Crippen molar-refractivity contribution in [3.8, 4) is 0 Å². The summed E-state index contributed by atoms with van der Waals surface area (Å²) in [5.41, 5.74) is 0. The zero-order valence-corrected chi connectivity index (χ0v) is 48.6. The van der Waals surface area contributed by atoms with E-state index in [9.17, 15) is 19.4 Å². The van der Waals surface area contributed by atoms with Gasteiger partial charge in [0, 0.05) is 6.42 Å². The second-order valence-electron chi connectivity index (χ2n) is 22.1. The third-order valence-corrected chi connectivity index (χ3v) is 14.8. The molecule has 3 unspecified atom stereocenters. The number of likely N-dealkylation sites (N-methyl/N-ethyl adjacent to an activating group) is 1. The van der Waals surface area contributed by atoms with Gasteiger partial charge in [0.05, 0.1) is 39.9 Å². The fourth-order valence-corrected chi connectivity index (χ4v) is 9.84. The lowest BCUT2D eigenvalue weighted by Crippen LogP contribution is -2.46. The molecule has 1 amide bonds. The molecule has 0 aromatic rings. The van der Waals surface area contributed by atoms with Crippen molar-refractivity contribution in [2.75, 3.05) is 40.9 Å². The number of hydrogen-bond acceptors (Lipinski definition) is 5. The molecule has 0 heterocycles. The van der Waals surface area contributed by atoms with E-state index < -0.39 is 20.0 Å². The van der Waals surface area contributed by atoms with Crippen LogP contribution in [0.3, 0.4) is 0 Å². The predicted octanol–water partition coefficient (Wildman–Crippen LogP) is 18.7. The third kappa shape index (κ3) is 56.0. The lowest BCUT2D eigenvalue weighted by Gasteiger charge is -2.26. The van der Waals surface area contributed by atoms with E-state index >= 15 is 0 Å². The van der Waals surface area contributed by atoms with E-state index in [4.69, 9.17) is 9.05 Å². The third-order valence-electron chi connectivity index (χ3n) is 13.8. The van der Waals surface area contributed by atoms with Crippen LogP contribution in [0, 0.1) is 0 Å². The summed E-state index contributed by atoms with van der Waals surface area (Å²) >= 11 is 0. The molecule has 3 atom stereocenters. The molecule has 71 heavy (non-hydrogen) atoms. The molecule has 0 aromatic heterocycles. The summed E-state index contributed by atoms with van der Waals surface area (Å²) in [4.78, 5) is 23.4. The summed E-state index contributed by atoms with van der Waals surface area (Å²) in [5.74, 6) is -0.144. The number of carbonyl (C=O) groups is 1. The number of phosphoric acid groups is 1. The van der Waals surface area contributed by atoms with Crippen LogP contribution in [0.5, 0.6) is 0 Å². The van der Waals surface area contributed by atoms with Gasteiger partial charge in [0.1, 0.15) is 13.2 Å². The zero-order chi connectivity index (χ0) is 52.0. The lowest BCUT2D eigenvalue weighted by molar-refractivity contribution is -0.870. The average molecular weight is 1020 g/mol. The van der Waals surface area contributed by atoms with Gasteiger partial charge in [-0.15, -0.1) is 0 Å². The van der Waals surface area contributed by atoms with E-state index in [2.05, 4.69) is 67.8 Å². The molecule has 8 nitrogen and oxygen atoms in total. The lowest BCUT2D eigenvalue weighted by atomic mass is 10.0. The highest BCUT2D eigenvalue weighted by molar-refractivity contribution is 7.47. The molecule has 418 valence electrons. The van der Waals surface area contributed by atoms with Gasteiger partial charge in [-0.3, -0.25) is 13.8 Å². The molecule has 3 N–H and O–H groups in total. The van der Waals surface area contributed by atoms with Crippen molar-refractivity contribution in [2.24, 2.45) is 0 Å². The zero-order valence-electron chi connectivity index (χ0n) is 47.7. The van der Waals surface area contributed by atoms with Gasteiger partial charge in [-0.05, 0) is 51.4 Å². The Balaban J connectivity index is 4.13. The standard InChI is InChI=1S/C62H119N2O6P/c1-6-8-10-12-14-16-18-20-22-24-26-28-30-32-34-36-38-40-42-44-46-48-50-52-54-56-62(66)63-60(59-70-71(67,68)69-58-57-64(3,4)5)61(65)55-53-51-49-47-45-43-41-39-37-35-33-31-29-27-25-23-21-19-17-15-13-11-9-7-2/h8,10,14,16,20,22,26,28,60-61,65H,6-7,9,11-13,15,17-19,21,23-25,27,29-59H2,1-5H3,(H-,63,66,67,68)/p+1/b10-8-,16-14-,22-20-,28-26-. The summed E-state index contributed by atoms with van der Waals surface area (Å²) in [6, 6.07) is -0.764. The maximum absolute atomic E-state index is 13.0. The first-order valence-corrected chi connectivity index (χ1v) is 32.0. The smallest absolute Gasteiger partial charge is 0.391 e. The summed E-state index contributed by atoms with van der Waals surface area (Å²) in [7, 11) is 1.62. The van der Waals surface area contributed by atoms with Crippen LogP contribution >= 0.6 is 7.82 Å². The Morgan fingerprint density at radius 3 is 1.24 bits per heavy atom. The van der Waals surface area contributed by atoms with E-state index in [0.717, 1.165) is 64.2 Å². The number of aliphatic hydroxyl groups excluding tert-OH is 1. The molecule has 0 fully saturated rings. The summed E-state index contributed by atoms with van der Waals surface area (Å²) in [6.07, 6.45) is 70.3. The quantitative estimate of drug-likeness (QED) is 0.0243. The van der Waals surface area contributed by atoms with Gasteiger partial charge in [-0.2, -0.15) is 0 Å². The van der Waals surface area contributed by atoms with Gasteiger partial charge >= 0.3 is 7.82 Å². The van der Waals surface area contributed by atoms with Gasteiger partial charge < -0.3 is 19.8 Å². The molecule has 0 radical (unpaired) electrons. The van der Waals surface area contributed by atoms with Gasteiger partial charge in [0.2, 0.25) is 5.91 Å². The van der Waals surface area contributed by atoms with Crippen molar-refractivity contribution < 1.29 is 32.9 Å². The monoisotopic (exact) mass is 1020 g/mol. The van der Waals surface area contributed by atoms with Gasteiger partial charge in [-0.1, -0.05) is 281 Å². The number of aliphatic hydroxyl groups is 1. The fourth-order valence-electron chi connectivity index (χ4n) is 9.10. The van der Waals surface area contributed by atoms with Crippen LogP contribution in [0.2, 0.25) is 0 Å². The molecule has 0 saturated heterocycles. The number of carbonyl (C=O) groups excluding carboxylic acids is 1. The number of nitrogens with one attached hydrogen (secondary N) is 1. The van der Waals surface area contributed by atoms with Crippen LogP contribution < -0.4 is 5.32 Å². The van der Waals surface area contributed by atoms with Crippen LogP contribution in [-0.4, -0.2) is 73.4 Å². The van der Waals surface area contributed by atoms with Crippen LogP contribution in [-0.2, 0) is 18.4 Å². The molecule has 0 rings (SSSR count). The molecule has 9 heteroatoms.